The van der Waals surface area contributed by atoms with E-state index in [9.17, 15) is 4.21 Å². The van der Waals surface area contributed by atoms with E-state index in [1.165, 1.54) is 0 Å². The van der Waals surface area contributed by atoms with Gasteiger partial charge in [0.25, 0.3) is 0 Å². The van der Waals surface area contributed by atoms with Gasteiger partial charge in [0.2, 0.25) is 0 Å². The van der Waals surface area contributed by atoms with E-state index in [4.69, 9.17) is 4.74 Å². The van der Waals surface area contributed by atoms with E-state index in [1.54, 1.807) is 0 Å². The Morgan fingerprint density at radius 2 is 2.43 bits per heavy atom. The number of hydrogen-bond acceptors (Lipinski definition) is 3. The lowest BCUT2D eigenvalue weighted by atomic mass is 10.3. The molecule has 3 nitrogen and oxygen atoms in total. The van der Waals surface area contributed by atoms with Crippen LogP contribution in [0.3, 0.4) is 0 Å². The SMILES string of the molecule is CCC(CS(=O)CC1CCCO1)NC. The number of ether oxygens (including phenoxy) is 1. The summed E-state index contributed by atoms with van der Waals surface area (Å²) in [7, 11) is 1.20. The van der Waals surface area contributed by atoms with Gasteiger partial charge in [0.05, 0.1) is 6.10 Å². The first kappa shape index (κ1) is 12.1. The highest BCUT2D eigenvalue weighted by Gasteiger charge is 2.19. The minimum Gasteiger partial charge on any atom is -0.377 e. The van der Waals surface area contributed by atoms with E-state index in [2.05, 4.69) is 12.2 Å². The monoisotopic (exact) mass is 219 g/mol. The van der Waals surface area contributed by atoms with E-state index >= 15 is 0 Å². The molecule has 1 heterocycles. The molecule has 1 fully saturated rings. The minimum atomic E-state index is -0.727. The quantitative estimate of drug-likeness (QED) is 0.722. The van der Waals surface area contributed by atoms with Crippen LogP contribution in [0.15, 0.2) is 0 Å². The lowest BCUT2D eigenvalue weighted by Crippen LogP contribution is -2.32. The van der Waals surface area contributed by atoms with Crippen LogP contribution in [0.1, 0.15) is 26.2 Å². The highest BCUT2D eigenvalue weighted by atomic mass is 32.2. The summed E-state index contributed by atoms with van der Waals surface area (Å²) in [5.74, 6) is 1.48. The lowest BCUT2D eigenvalue weighted by Gasteiger charge is -2.14. The van der Waals surface area contributed by atoms with E-state index < -0.39 is 10.8 Å². The van der Waals surface area contributed by atoms with E-state index in [-0.39, 0.29) is 6.10 Å². The average molecular weight is 219 g/mol. The number of nitrogens with one attached hydrogen (secondary N) is 1. The zero-order valence-electron chi connectivity index (χ0n) is 9.12. The summed E-state index contributed by atoms with van der Waals surface area (Å²) in [6.45, 7) is 2.97. The zero-order valence-corrected chi connectivity index (χ0v) is 9.94. The fourth-order valence-corrected chi connectivity index (χ4v) is 3.35. The molecule has 3 unspecified atom stereocenters. The van der Waals surface area contributed by atoms with E-state index in [0.717, 1.165) is 37.4 Å². The molecule has 0 spiro atoms. The molecule has 0 aromatic carbocycles. The van der Waals surface area contributed by atoms with E-state index in [1.807, 2.05) is 7.05 Å². The highest BCUT2D eigenvalue weighted by Crippen LogP contribution is 2.13. The van der Waals surface area contributed by atoms with Gasteiger partial charge in [0.1, 0.15) is 0 Å². The molecular weight excluding hydrogens is 198 g/mol. The molecule has 1 N–H and O–H groups in total. The molecule has 0 saturated carbocycles. The molecule has 0 amide bonds. The molecule has 84 valence electrons. The molecular formula is C10H21NO2S. The van der Waals surface area contributed by atoms with Crippen molar-refractivity contribution in [1.82, 2.24) is 5.32 Å². The second-order valence-corrected chi connectivity index (χ2v) is 5.35. The van der Waals surface area contributed by atoms with Crippen LogP contribution in [0.2, 0.25) is 0 Å². The van der Waals surface area contributed by atoms with E-state index in [0.29, 0.717) is 6.04 Å². The van der Waals surface area contributed by atoms with Crippen LogP contribution in [0, 0.1) is 0 Å². The molecule has 0 aromatic rings. The van der Waals surface area contributed by atoms with Gasteiger partial charge in [-0.3, -0.25) is 4.21 Å². The third-order valence-corrected chi connectivity index (χ3v) is 4.20. The molecule has 0 aromatic heterocycles. The summed E-state index contributed by atoms with van der Waals surface area (Å²) in [6, 6.07) is 0.386. The topological polar surface area (TPSA) is 38.3 Å². The van der Waals surface area contributed by atoms with Gasteiger partial charge in [-0.2, -0.15) is 0 Å². The first-order valence-electron chi connectivity index (χ1n) is 5.40. The second kappa shape index (κ2) is 6.53. The third kappa shape index (κ3) is 4.07. The molecule has 1 aliphatic rings. The van der Waals surface area contributed by atoms with Gasteiger partial charge in [-0.15, -0.1) is 0 Å². The first-order valence-corrected chi connectivity index (χ1v) is 6.89. The molecule has 14 heavy (non-hydrogen) atoms. The summed E-state index contributed by atoms with van der Waals surface area (Å²) in [5.41, 5.74) is 0. The first-order chi connectivity index (χ1) is 6.76. The summed E-state index contributed by atoms with van der Waals surface area (Å²) in [4.78, 5) is 0. The molecule has 0 bridgehead atoms. The Hall–Kier alpha value is 0.0700. The Morgan fingerprint density at radius 1 is 1.64 bits per heavy atom. The summed E-state index contributed by atoms with van der Waals surface area (Å²) >= 11 is 0. The maximum atomic E-state index is 11.7. The Bertz CT molecular complexity index is 171. The molecule has 4 heteroatoms. The van der Waals surface area contributed by atoms with Crippen molar-refractivity contribution in [1.29, 1.82) is 0 Å². The highest BCUT2D eigenvalue weighted by molar-refractivity contribution is 7.85. The van der Waals surface area contributed by atoms with Crippen LogP contribution < -0.4 is 5.32 Å². The maximum absolute atomic E-state index is 11.7. The van der Waals surface area contributed by atoms with Crippen molar-refractivity contribution < 1.29 is 8.95 Å². The standard InChI is InChI=1S/C10H21NO2S/c1-3-9(11-2)7-14(12)8-10-5-4-6-13-10/h9-11H,3-8H2,1-2H3. The lowest BCUT2D eigenvalue weighted by molar-refractivity contribution is 0.128. The van der Waals surface area contributed by atoms with Crippen molar-refractivity contribution in [2.45, 2.75) is 38.3 Å². The Kier molecular flexibility index (Phi) is 5.67. The van der Waals surface area contributed by atoms with Crippen LogP contribution in [-0.4, -0.2) is 41.5 Å². The normalized spacial score (nSPS) is 26.3. The third-order valence-electron chi connectivity index (χ3n) is 2.68. The van der Waals surface area contributed by atoms with Gasteiger partial charge in [0, 0.05) is 35.0 Å². The van der Waals surface area contributed by atoms with Gasteiger partial charge in [-0.1, -0.05) is 6.92 Å². The molecule has 0 aliphatic carbocycles. The van der Waals surface area contributed by atoms with Crippen molar-refractivity contribution in [2.24, 2.45) is 0 Å². The van der Waals surface area contributed by atoms with Crippen molar-refractivity contribution in [3.63, 3.8) is 0 Å². The maximum Gasteiger partial charge on any atom is 0.0691 e. The van der Waals surface area contributed by atoms with Crippen molar-refractivity contribution in [2.75, 3.05) is 25.2 Å². The Balaban J connectivity index is 2.20. The zero-order chi connectivity index (χ0) is 10.4. The molecule has 0 radical (unpaired) electrons. The van der Waals surface area contributed by atoms with Crippen LogP contribution in [0.5, 0.6) is 0 Å². The number of rotatable bonds is 6. The van der Waals surface area contributed by atoms with Crippen molar-refractivity contribution in [3.05, 3.63) is 0 Å². The smallest absolute Gasteiger partial charge is 0.0691 e. The van der Waals surface area contributed by atoms with Crippen molar-refractivity contribution in [3.8, 4) is 0 Å². The van der Waals surface area contributed by atoms with Gasteiger partial charge in [0.15, 0.2) is 0 Å². The van der Waals surface area contributed by atoms with Gasteiger partial charge < -0.3 is 10.1 Å². The molecule has 1 saturated heterocycles. The fraction of sp³-hybridized carbons (Fsp3) is 1.00. The van der Waals surface area contributed by atoms with Crippen LogP contribution >= 0.6 is 0 Å². The van der Waals surface area contributed by atoms with Gasteiger partial charge in [-0.25, -0.2) is 0 Å². The molecule has 1 rings (SSSR count). The van der Waals surface area contributed by atoms with Gasteiger partial charge >= 0.3 is 0 Å². The fourth-order valence-electron chi connectivity index (χ4n) is 1.68. The van der Waals surface area contributed by atoms with Crippen molar-refractivity contribution >= 4 is 10.8 Å². The summed E-state index contributed by atoms with van der Waals surface area (Å²) in [6.07, 6.45) is 3.51. The summed E-state index contributed by atoms with van der Waals surface area (Å²) in [5, 5.41) is 3.17. The predicted octanol–water partition coefficient (Wildman–Crippen LogP) is 0.912. The van der Waals surface area contributed by atoms with Crippen LogP contribution in [-0.2, 0) is 15.5 Å². The molecule has 1 aliphatic heterocycles. The Morgan fingerprint density at radius 3 is 2.93 bits per heavy atom. The second-order valence-electron chi connectivity index (χ2n) is 3.80. The van der Waals surface area contributed by atoms with Crippen LogP contribution in [0.25, 0.3) is 0 Å². The van der Waals surface area contributed by atoms with Crippen LogP contribution in [0.4, 0.5) is 0 Å². The largest absolute Gasteiger partial charge is 0.377 e. The van der Waals surface area contributed by atoms with Gasteiger partial charge in [-0.05, 0) is 26.3 Å². The molecule has 3 atom stereocenters. The predicted molar refractivity (Wildman–Crippen MR) is 60.0 cm³/mol. The Labute approximate surface area is 89.1 Å². The number of hydrogen-bond donors (Lipinski definition) is 1. The average Bonchev–Trinajstić information content (AvgIpc) is 2.66. The minimum absolute atomic E-state index is 0.255. The summed E-state index contributed by atoms with van der Waals surface area (Å²) < 4.78 is 17.2.